The van der Waals surface area contributed by atoms with Crippen molar-refractivity contribution < 1.29 is 9.59 Å². The normalized spacial score (nSPS) is 7.14. The molecule has 0 spiro atoms. The maximum Gasteiger partial charge on any atom is 0.240 e. The van der Waals surface area contributed by atoms with Crippen molar-refractivity contribution in [1.29, 1.82) is 0 Å². The molecule has 8 N–H and O–H groups in total. The van der Waals surface area contributed by atoms with Gasteiger partial charge in [-0.05, 0) is 12.2 Å². The van der Waals surface area contributed by atoms with E-state index < -0.39 is 11.8 Å². The molecule has 6 nitrogen and oxygen atoms in total. The molecule has 0 aliphatic rings. The fraction of sp³-hybridized carbons (Fsp3) is 0. The van der Waals surface area contributed by atoms with Crippen molar-refractivity contribution >= 4 is 11.8 Å². The van der Waals surface area contributed by atoms with E-state index in [1.807, 2.05) is 0 Å². The molecule has 2 amide bonds. The first-order valence-corrected chi connectivity index (χ1v) is 3.38. The van der Waals surface area contributed by atoms with Gasteiger partial charge in [-0.15, -0.1) is 0 Å². The Morgan fingerprint density at radius 1 is 0.857 bits per heavy atom. The van der Waals surface area contributed by atoms with Gasteiger partial charge < -0.3 is 22.9 Å². The van der Waals surface area contributed by atoms with Crippen LogP contribution in [0.15, 0.2) is 37.7 Å². The molecule has 0 aromatic heterocycles. The summed E-state index contributed by atoms with van der Waals surface area (Å²) >= 11 is 0. The van der Waals surface area contributed by atoms with Crippen molar-refractivity contribution in [2.24, 2.45) is 22.9 Å². The summed E-state index contributed by atoms with van der Waals surface area (Å²) in [4.78, 5) is 18.9. The second kappa shape index (κ2) is 17.0. The number of rotatable bonds is 2. The SMILES string of the molecule is C=CC(N)=O.C=CC(N)=O.NC=CN. The topological polar surface area (TPSA) is 138 Å². The second-order valence-electron chi connectivity index (χ2n) is 1.60. The molecule has 0 radical (unpaired) electrons. The smallest absolute Gasteiger partial charge is 0.240 e. The first kappa shape index (κ1) is 17.7. The third-order valence-corrected chi connectivity index (χ3v) is 0.513. The van der Waals surface area contributed by atoms with Gasteiger partial charge >= 0.3 is 0 Å². The van der Waals surface area contributed by atoms with E-state index in [0.717, 1.165) is 12.2 Å². The molecule has 0 aromatic rings. The van der Waals surface area contributed by atoms with Crippen LogP contribution >= 0.6 is 0 Å². The number of amides is 2. The highest BCUT2D eigenvalue weighted by atomic mass is 16.1. The highest BCUT2D eigenvalue weighted by Crippen LogP contribution is 1.49. The summed E-state index contributed by atoms with van der Waals surface area (Å²) in [7, 11) is 0. The Balaban J connectivity index is -0.000000131. The summed E-state index contributed by atoms with van der Waals surface area (Å²) in [6.45, 7) is 6.17. The number of carbonyl (C=O) groups is 2. The van der Waals surface area contributed by atoms with Gasteiger partial charge in [0.2, 0.25) is 11.8 Å². The number of hydrogen-bond donors (Lipinski definition) is 4. The Morgan fingerprint density at radius 2 is 1.00 bits per heavy atom. The van der Waals surface area contributed by atoms with E-state index in [2.05, 4.69) is 24.6 Å². The van der Waals surface area contributed by atoms with Crippen molar-refractivity contribution in [2.45, 2.75) is 0 Å². The summed E-state index contributed by atoms with van der Waals surface area (Å²) < 4.78 is 0. The van der Waals surface area contributed by atoms with Crippen LogP contribution in [0, 0.1) is 0 Å². The summed E-state index contributed by atoms with van der Waals surface area (Å²) in [6, 6.07) is 0. The lowest BCUT2D eigenvalue weighted by Crippen LogP contribution is -2.04. The molecule has 0 unspecified atom stereocenters. The number of primary amides is 2. The average Bonchev–Trinajstić information content (AvgIpc) is 2.19. The summed E-state index contributed by atoms with van der Waals surface area (Å²) in [5.74, 6) is -0.963. The minimum atomic E-state index is -0.481. The Hall–Kier alpha value is -2.24. The van der Waals surface area contributed by atoms with Crippen molar-refractivity contribution in [3.63, 3.8) is 0 Å². The van der Waals surface area contributed by atoms with Crippen LogP contribution in [0.3, 0.4) is 0 Å². The van der Waals surface area contributed by atoms with Gasteiger partial charge in [-0.1, -0.05) is 13.2 Å². The van der Waals surface area contributed by atoms with E-state index in [1.54, 1.807) is 0 Å². The van der Waals surface area contributed by atoms with Gasteiger partial charge in [-0.3, -0.25) is 9.59 Å². The lowest BCUT2D eigenvalue weighted by molar-refractivity contribution is -0.114. The molecule has 0 aromatic carbocycles. The van der Waals surface area contributed by atoms with Crippen LogP contribution in [0.5, 0.6) is 0 Å². The molecule has 0 aliphatic carbocycles. The minimum absolute atomic E-state index is 0.481. The highest BCUT2D eigenvalue weighted by molar-refractivity contribution is 5.85. The summed E-state index contributed by atoms with van der Waals surface area (Å²) in [6.07, 6.45) is 4.67. The van der Waals surface area contributed by atoms with E-state index in [4.69, 9.17) is 11.5 Å². The number of nitrogens with two attached hydrogens (primary N) is 4. The van der Waals surface area contributed by atoms with Gasteiger partial charge in [0.15, 0.2) is 0 Å². The van der Waals surface area contributed by atoms with Gasteiger partial charge in [0.25, 0.3) is 0 Å². The quantitative estimate of drug-likeness (QED) is 0.411. The standard InChI is InChI=1S/2C3H5NO.C2H6N2/c2*1-2-3(4)5;3-1-2-4/h2*2H,1H2,(H2,4,5);1-2H,3-4H2. The molecule has 0 saturated heterocycles. The minimum Gasteiger partial charge on any atom is -0.403 e. The Bertz CT molecular complexity index is 189. The third kappa shape index (κ3) is 98.3. The van der Waals surface area contributed by atoms with Crippen molar-refractivity contribution in [2.75, 3.05) is 0 Å². The Morgan fingerprint density at radius 3 is 1.00 bits per heavy atom. The van der Waals surface area contributed by atoms with Crippen LogP contribution in [-0.4, -0.2) is 11.8 Å². The molecule has 0 bridgehead atoms. The van der Waals surface area contributed by atoms with E-state index in [-0.39, 0.29) is 0 Å². The van der Waals surface area contributed by atoms with Crippen LogP contribution in [0.4, 0.5) is 0 Å². The summed E-state index contributed by atoms with van der Waals surface area (Å²) in [5.41, 5.74) is 18.5. The Kier molecular flexibility index (Phi) is 21.6. The fourth-order valence-corrected chi connectivity index (χ4v) is 0. The molecule has 0 atom stereocenters. The fourth-order valence-electron chi connectivity index (χ4n) is 0. The lowest BCUT2D eigenvalue weighted by atomic mass is 10.6. The molecule has 0 saturated carbocycles. The van der Waals surface area contributed by atoms with Crippen molar-refractivity contribution in [1.82, 2.24) is 0 Å². The van der Waals surface area contributed by atoms with Gasteiger partial charge in [0.05, 0.1) is 0 Å². The zero-order valence-electron chi connectivity index (χ0n) is 7.85. The number of hydrogen-bond acceptors (Lipinski definition) is 4. The zero-order valence-corrected chi connectivity index (χ0v) is 7.85. The van der Waals surface area contributed by atoms with Crippen LogP contribution < -0.4 is 22.9 Å². The maximum absolute atomic E-state index is 9.47. The highest BCUT2D eigenvalue weighted by Gasteiger charge is 1.69. The molecule has 0 heterocycles. The van der Waals surface area contributed by atoms with Gasteiger partial charge in [0, 0.05) is 12.4 Å². The van der Waals surface area contributed by atoms with E-state index >= 15 is 0 Å². The molecule has 14 heavy (non-hydrogen) atoms. The van der Waals surface area contributed by atoms with Crippen LogP contribution in [0.25, 0.3) is 0 Å². The van der Waals surface area contributed by atoms with Crippen LogP contribution in [0.1, 0.15) is 0 Å². The third-order valence-electron chi connectivity index (χ3n) is 0.513. The largest absolute Gasteiger partial charge is 0.403 e. The van der Waals surface area contributed by atoms with Crippen LogP contribution in [-0.2, 0) is 9.59 Å². The number of carbonyl (C=O) groups excluding carboxylic acids is 2. The molecule has 80 valence electrons. The van der Waals surface area contributed by atoms with Gasteiger partial charge in [-0.2, -0.15) is 0 Å². The lowest BCUT2D eigenvalue weighted by Gasteiger charge is -1.65. The maximum atomic E-state index is 9.47. The first-order chi connectivity index (χ1) is 6.45. The molecule has 0 aliphatic heterocycles. The molecule has 0 fully saturated rings. The van der Waals surface area contributed by atoms with Crippen molar-refractivity contribution in [3.8, 4) is 0 Å². The summed E-state index contributed by atoms with van der Waals surface area (Å²) in [5, 5.41) is 0. The Labute approximate surface area is 82.9 Å². The molecular weight excluding hydrogens is 184 g/mol. The van der Waals surface area contributed by atoms with Crippen molar-refractivity contribution in [3.05, 3.63) is 37.7 Å². The zero-order chi connectivity index (χ0) is 12.0. The monoisotopic (exact) mass is 200 g/mol. The van der Waals surface area contributed by atoms with E-state index in [9.17, 15) is 9.59 Å². The van der Waals surface area contributed by atoms with E-state index in [1.165, 1.54) is 12.4 Å². The molecule has 6 heteroatoms. The average molecular weight is 200 g/mol. The predicted molar refractivity (Wildman–Crippen MR) is 56.3 cm³/mol. The van der Waals surface area contributed by atoms with Crippen LogP contribution in [0.2, 0.25) is 0 Å². The molecule has 0 rings (SSSR count). The predicted octanol–water partition coefficient (Wildman–Crippen LogP) is -1.31. The molecular formula is C8H16N4O2. The second-order valence-corrected chi connectivity index (χ2v) is 1.60. The van der Waals surface area contributed by atoms with Gasteiger partial charge in [-0.25, -0.2) is 0 Å². The van der Waals surface area contributed by atoms with Gasteiger partial charge in [0.1, 0.15) is 0 Å². The van der Waals surface area contributed by atoms with E-state index in [0.29, 0.717) is 0 Å². The first-order valence-electron chi connectivity index (χ1n) is 3.38.